The van der Waals surface area contributed by atoms with E-state index < -0.39 is 0 Å². The second-order valence-electron chi connectivity index (χ2n) is 6.78. The van der Waals surface area contributed by atoms with Crippen molar-refractivity contribution in [3.8, 4) is 11.8 Å². The minimum Gasteiger partial charge on any atom is -0.350 e. The molecule has 0 atom stereocenters. The maximum Gasteiger partial charge on any atom is 0.113 e. The van der Waals surface area contributed by atoms with Crippen LogP contribution in [0.4, 0.5) is 0 Å². The van der Waals surface area contributed by atoms with Crippen LogP contribution in [0.5, 0.6) is 0 Å². The Bertz CT molecular complexity index is 903. The van der Waals surface area contributed by atoms with Gasteiger partial charge in [-0.1, -0.05) is 49.4 Å². The van der Waals surface area contributed by atoms with E-state index in [-0.39, 0.29) is 5.41 Å². The molecule has 120 valence electrons. The third kappa shape index (κ3) is 2.61. The number of para-hydroxylation sites is 1. The van der Waals surface area contributed by atoms with E-state index in [2.05, 4.69) is 58.9 Å². The number of pyridine rings is 1. The number of aromatic nitrogens is 2. The lowest BCUT2D eigenvalue weighted by atomic mass is 9.69. The van der Waals surface area contributed by atoms with Gasteiger partial charge >= 0.3 is 0 Å². The molecule has 1 aliphatic carbocycles. The third-order valence-electron chi connectivity index (χ3n) is 5.22. The molecule has 3 aromatic rings. The van der Waals surface area contributed by atoms with Crippen LogP contribution in [0.2, 0.25) is 0 Å². The zero-order valence-corrected chi connectivity index (χ0v) is 14.1. The summed E-state index contributed by atoms with van der Waals surface area (Å²) < 4.78 is 2.24. The normalized spacial score (nSPS) is 16.5. The van der Waals surface area contributed by atoms with E-state index in [1.165, 1.54) is 35.7 Å². The highest BCUT2D eigenvalue weighted by Crippen LogP contribution is 2.42. The van der Waals surface area contributed by atoms with Crippen LogP contribution in [0, 0.1) is 11.8 Å². The molecule has 2 nitrogen and oxygen atoms in total. The predicted molar refractivity (Wildman–Crippen MR) is 98.8 cm³/mol. The number of benzene rings is 1. The van der Waals surface area contributed by atoms with Crippen LogP contribution in [0.15, 0.2) is 54.9 Å². The largest absolute Gasteiger partial charge is 0.350 e. The summed E-state index contributed by atoms with van der Waals surface area (Å²) >= 11 is 0. The molecule has 0 unspecified atom stereocenters. The quantitative estimate of drug-likeness (QED) is 0.588. The van der Waals surface area contributed by atoms with Crippen LogP contribution >= 0.6 is 0 Å². The smallest absolute Gasteiger partial charge is 0.113 e. The molecule has 1 saturated carbocycles. The summed E-state index contributed by atoms with van der Waals surface area (Å²) in [6.07, 6.45) is 10.0. The Morgan fingerprint density at radius 2 is 1.88 bits per heavy atom. The van der Waals surface area contributed by atoms with Crippen molar-refractivity contribution in [2.75, 3.05) is 0 Å². The minimum absolute atomic E-state index is 0.0542. The standard InChI is InChI=1S/C22H22N2/c1-24-17-12-18-8-7-10-20(21(18)24)22(13-4-2-5-14-22)15-11-19-9-3-6-16-23-19/h3,6-10,12,16-17H,2,4-5,13-14H2,1H3. The molecule has 0 spiro atoms. The van der Waals surface area contributed by atoms with E-state index in [1.54, 1.807) is 0 Å². The molecule has 0 saturated heterocycles. The molecule has 0 N–H and O–H groups in total. The third-order valence-corrected chi connectivity index (χ3v) is 5.22. The highest BCUT2D eigenvalue weighted by molar-refractivity contribution is 5.85. The molecule has 2 heteroatoms. The van der Waals surface area contributed by atoms with E-state index in [1.807, 2.05) is 24.4 Å². The van der Waals surface area contributed by atoms with Gasteiger partial charge in [0.2, 0.25) is 0 Å². The van der Waals surface area contributed by atoms with Crippen LogP contribution in [0.1, 0.15) is 43.4 Å². The number of aryl methyl sites for hydroxylation is 1. The monoisotopic (exact) mass is 314 g/mol. The second kappa shape index (κ2) is 6.17. The summed E-state index contributed by atoms with van der Waals surface area (Å²) in [6.45, 7) is 0. The van der Waals surface area contributed by atoms with E-state index in [0.717, 1.165) is 18.5 Å². The zero-order valence-electron chi connectivity index (χ0n) is 14.1. The van der Waals surface area contributed by atoms with Gasteiger partial charge in [0.25, 0.3) is 0 Å². The molecule has 2 heterocycles. The maximum absolute atomic E-state index is 4.38. The highest BCUT2D eigenvalue weighted by atomic mass is 14.9. The van der Waals surface area contributed by atoms with Gasteiger partial charge in [-0.15, -0.1) is 0 Å². The maximum atomic E-state index is 4.38. The molecule has 0 amide bonds. The van der Waals surface area contributed by atoms with Crippen molar-refractivity contribution in [2.45, 2.75) is 37.5 Å². The van der Waals surface area contributed by atoms with Gasteiger partial charge in [-0.2, -0.15) is 0 Å². The topological polar surface area (TPSA) is 17.8 Å². The minimum atomic E-state index is -0.0542. The first-order valence-corrected chi connectivity index (χ1v) is 8.77. The molecular weight excluding hydrogens is 292 g/mol. The number of hydrogen-bond donors (Lipinski definition) is 0. The van der Waals surface area contributed by atoms with Crippen LogP contribution in [0.3, 0.4) is 0 Å². The molecule has 0 bridgehead atoms. The van der Waals surface area contributed by atoms with Gasteiger partial charge in [0.1, 0.15) is 5.69 Å². The summed E-state index contributed by atoms with van der Waals surface area (Å²) in [5.74, 6) is 7.01. The molecule has 0 radical (unpaired) electrons. The van der Waals surface area contributed by atoms with Gasteiger partial charge < -0.3 is 4.57 Å². The Balaban J connectivity index is 1.88. The Labute approximate surface area is 143 Å². The van der Waals surface area contributed by atoms with Crippen molar-refractivity contribution in [1.82, 2.24) is 9.55 Å². The first-order valence-electron chi connectivity index (χ1n) is 8.77. The summed E-state index contributed by atoms with van der Waals surface area (Å²) in [6, 6.07) is 14.8. The lowest BCUT2D eigenvalue weighted by Gasteiger charge is -2.34. The van der Waals surface area contributed by atoms with Crippen molar-refractivity contribution in [1.29, 1.82) is 0 Å². The Kier molecular flexibility index (Phi) is 3.86. The number of nitrogens with zero attached hydrogens (tertiary/aromatic N) is 2. The molecule has 1 aliphatic rings. The fraction of sp³-hybridized carbons (Fsp3) is 0.318. The van der Waals surface area contributed by atoms with Crippen LogP contribution in [-0.4, -0.2) is 9.55 Å². The molecular formula is C22H22N2. The Morgan fingerprint density at radius 1 is 1.00 bits per heavy atom. The SMILES string of the molecule is Cn1ccc2cccc(C3(C#Cc4ccccn4)CCCCC3)c21. The average Bonchev–Trinajstić information content (AvgIpc) is 3.03. The van der Waals surface area contributed by atoms with Gasteiger partial charge in [0, 0.05) is 19.4 Å². The van der Waals surface area contributed by atoms with Crippen LogP contribution < -0.4 is 0 Å². The van der Waals surface area contributed by atoms with E-state index in [4.69, 9.17) is 0 Å². The average molecular weight is 314 g/mol. The summed E-state index contributed by atoms with van der Waals surface area (Å²) in [5, 5.41) is 1.31. The molecule has 1 aromatic carbocycles. The summed E-state index contributed by atoms with van der Waals surface area (Å²) in [5.41, 5.74) is 3.52. The fourth-order valence-electron chi connectivity index (χ4n) is 3.98. The van der Waals surface area contributed by atoms with Crippen molar-refractivity contribution in [3.05, 3.63) is 66.1 Å². The zero-order chi connectivity index (χ0) is 16.4. The van der Waals surface area contributed by atoms with Crippen molar-refractivity contribution < 1.29 is 0 Å². The highest BCUT2D eigenvalue weighted by Gasteiger charge is 2.34. The second-order valence-corrected chi connectivity index (χ2v) is 6.78. The molecule has 2 aromatic heterocycles. The van der Waals surface area contributed by atoms with Crippen LogP contribution in [0.25, 0.3) is 10.9 Å². The number of fused-ring (bicyclic) bond motifs is 1. The van der Waals surface area contributed by atoms with Gasteiger partial charge in [-0.05, 0) is 47.9 Å². The Hall–Kier alpha value is -2.53. The summed E-state index contributed by atoms with van der Waals surface area (Å²) in [7, 11) is 2.13. The van der Waals surface area contributed by atoms with Gasteiger partial charge in [-0.25, -0.2) is 4.98 Å². The molecule has 4 rings (SSSR count). The molecule has 0 aliphatic heterocycles. The first-order chi connectivity index (χ1) is 11.8. The molecule has 1 fully saturated rings. The van der Waals surface area contributed by atoms with Gasteiger partial charge in [0.15, 0.2) is 0 Å². The summed E-state index contributed by atoms with van der Waals surface area (Å²) in [4.78, 5) is 4.38. The fourth-order valence-corrected chi connectivity index (χ4v) is 3.98. The van der Waals surface area contributed by atoms with Crippen molar-refractivity contribution in [3.63, 3.8) is 0 Å². The lowest BCUT2D eigenvalue weighted by molar-refractivity contribution is 0.371. The van der Waals surface area contributed by atoms with Crippen molar-refractivity contribution >= 4 is 10.9 Å². The van der Waals surface area contributed by atoms with Gasteiger partial charge in [0.05, 0.1) is 10.9 Å². The predicted octanol–water partition coefficient (Wildman–Crippen LogP) is 4.83. The van der Waals surface area contributed by atoms with E-state index in [9.17, 15) is 0 Å². The first kappa shape index (κ1) is 15.0. The number of rotatable bonds is 1. The van der Waals surface area contributed by atoms with Crippen molar-refractivity contribution in [2.24, 2.45) is 7.05 Å². The van der Waals surface area contributed by atoms with Crippen LogP contribution in [-0.2, 0) is 12.5 Å². The van der Waals surface area contributed by atoms with Gasteiger partial charge in [-0.3, -0.25) is 0 Å². The Morgan fingerprint density at radius 3 is 2.67 bits per heavy atom. The van der Waals surface area contributed by atoms with E-state index >= 15 is 0 Å². The lowest BCUT2D eigenvalue weighted by Crippen LogP contribution is -2.28. The molecule has 24 heavy (non-hydrogen) atoms. The van der Waals surface area contributed by atoms with E-state index in [0.29, 0.717) is 0 Å². The number of hydrogen-bond acceptors (Lipinski definition) is 1.